The van der Waals surface area contributed by atoms with Gasteiger partial charge in [-0.15, -0.1) is 0 Å². The molecule has 17 nitrogen and oxygen atoms in total. The Morgan fingerprint density at radius 2 is 1.55 bits per heavy atom. The molecule has 1 aromatic carbocycles. The lowest BCUT2D eigenvalue weighted by atomic mass is 9.97. The highest BCUT2D eigenvalue weighted by molar-refractivity contribution is 5.76. The first kappa shape index (κ1) is 31.4. The number of rotatable bonds is 7. The van der Waals surface area contributed by atoms with Crippen molar-refractivity contribution >= 4 is 5.97 Å². The molecule has 2 fully saturated rings. The van der Waals surface area contributed by atoms with E-state index in [0.29, 0.717) is 0 Å². The van der Waals surface area contributed by atoms with Crippen LogP contribution in [0.2, 0.25) is 0 Å². The predicted molar refractivity (Wildman–Crippen MR) is 137 cm³/mol. The fourth-order valence-corrected chi connectivity index (χ4v) is 4.86. The lowest BCUT2D eigenvalue weighted by molar-refractivity contribution is -0.372. The van der Waals surface area contributed by atoms with Crippen LogP contribution >= 0.6 is 0 Å². The van der Waals surface area contributed by atoms with E-state index in [1.165, 1.54) is 12.1 Å². The van der Waals surface area contributed by atoms with Gasteiger partial charge in [0.1, 0.15) is 54.2 Å². The number of carboxylic acids is 1. The summed E-state index contributed by atoms with van der Waals surface area (Å²) in [5.41, 5.74) is -0.619. The van der Waals surface area contributed by atoms with Crippen LogP contribution in [0.5, 0.6) is 23.0 Å². The fraction of sp³-hybridized carbons (Fsp3) is 0.407. The lowest BCUT2D eigenvalue weighted by Crippen LogP contribution is -2.66. The van der Waals surface area contributed by atoms with Crippen molar-refractivity contribution in [1.29, 1.82) is 0 Å². The van der Waals surface area contributed by atoms with Gasteiger partial charge in [-0.05, 0) is 24.3 Å². The number of hydrogen-bond acceptors (Lipinski definition) is 17. The topological polar surface area (TPSA) is 289 Å². The average Bonchev–Trinajstić information content (AvgIpc) is 2.97. The number of ether oxygens (including phenoxy) is 4. The summed E-state index contributed by atoms with van der Waals surface area (Å²) < 4.78 is 27.9. The second kappa shape index (κ2) is 12.2. The number of aliphatic carboxylic acids is 1. The van der Waals surface area contributed by atoms with Gasteiger partial charge < -0.3 is 79.2 Å². The van der Waals surface area contributed by atoms with Crippen molar-refractivity contribution in [2.45, 2.75) is 61.4 Å². The van der Waals surface area contributed by atoms with Gasteiger partial charge in [0.25, 0.3) is 0 Å². The number of carboxylic acid groups (broad SMARTS) is 1. The van der Waals surface area contributed by atoms with Crippen LogP contribution in [0.25, 0.3) is 22.6 Å². The van der Waals surface area contributed by atoms with Gasteiger partial charge in [-0.3, -0.25) is 4.79 Å². The van der Waals surface area contributed by atoms with Gasteiger partial charge in [0.2, 0.25) is 6.29 Å². The summed E-state index contributed by atoms with van der Waals surface area (Å²) in [4.78, 5) is 23.5. The van der Waals surface area contributed by atoms with Crippen molar-refractivity contribution in [3.05, 3.63) is 46.6 Å². The van der Waals surface area contributed by atoms with E-state index in [4.69, 9.17) is 23.4 Å². The zero-order valence-corrected chi connectivity index (χ0v) is 22.2. The number of carbonyl (C=O) groups excluding carboxylic acids is 1. The number of aliphatic hydroxyl groups excluding tert-OH is 6. The van der Waals surface area contributed by atoms with Crippen LogP contribution in [0, 0.1) is 0 Å². The van der Waals surface area contributed by atoms with E-state index in [2.05, 4.69) is 0 Å². The van der Waals surface area contributed by atoms with Crippen molar-refractivity contribution in [3.8, 4) is 45.6 Å². The summed E-state index contributed by atoms with van der Waals surface area (Å²) in [7, 11) is 0. The zero-order valence-electron chi connectivity index (χ0n) is 22.2. The molecule has 17 heteroatoms. The predicted octanol–water partition coefficient (Wildman–Crippen LogP) is -3.71. The third-order valence-corrected chi connectivity index (χ3v) is 7.20. The first-order valence-corrected chi connectivity index (χ1v) is 13.0. The molecule has 0 bridgehead atoms. The summed E-state index contributed by atoms with van der Waals surface area (Å²) in [6.45, 7) is -0.848. The maximum Gasteiger partial charge on any atom is 0.229 e. The molecular weight excluding hydrogens is 596 g/mol. The van der Waals surface area contributed by atoms with Crippen molar-refractivity contribution in [3.63, 3.8) is 0 Å². The Hall–Kier alpha value is -4.04. The number of fused-ring (bicyclic) bond motifs is 1. The van der Waals surface area contributed by atoms with E-state index >= 15 is 0 Å². The molecule has 2 saturated heterocycles. The Bertz CT molecular complexity index is 1540. The van der Waals surface area contributed by atoms with Crippen LogP contribution in [0.4, 0.5) is 0 Å². The molecule has 0 spiro atoms. The number of phenols is 3. The molecule has 10 atom stereocenters. The molecule has 0 unspecified atom stereocenters. The van der Waals surface area contributed by atoms with E-state index in [9.17, 15) is 60.7 Å². The van der Waals surface area contributed by atoms with Crippen molar-refractivity contribution < 1.29 is 79.2 Å². The summed E-state index contributed by atoms with van der Waals surface area (Å²) >= 11 is 0. The maximum absolute atomic E-state index is 12.0. The fourth-order valence-electron chi connectivity index (χ4n) is 4.86. The van der Waals surface area contributed by atoms with Crippen LogP contribution in [-0.4, -0.2) is 120 Å². The van der Waals surface area contributed by atoms with E-state index in [-0.39, 0.29) is 28.4 Å². The Balaban J connectivity index is 1.58. The lowest BCUT2D eigenvalue weighted by Gasteiger charge is -2.46. The zero-order chi connectivity index (χ0) is 32.0. The van der Waals surface area contributed by atoms with E-state index in [1.54, 1.807) is 0 Å². The number of carbonyl (C=O) groups is 1. The van der Waals surface area contributed by atoms with Crippen molar-refractivity contribution in [1.82, 2.24) is 0 Å². The minimum absolute atomic E-state index is 0.0560. The monoisotopic (exact) mass is 623 g/mol. The summed E-state index contributed by atoms with van der Waals surface area (Å²) in [6.07, 6.45) is -19.6. The SMILES string of the molecule is O=C([O-])[C@H]1O[C@@H](O[C@H]2[C@H](Oc3cc4c(O)cc(=O)cc-4oc3-c3ccc(O)c(O)c3)O[C@H](CO)[C@@H](O)[C@@H]2O)[C@H](O)[C@@H](O)[C@@H]1O. The van der Waals surface area contributed by atoms with E-state index < -0.39 is 96.7 Å². The second-order valence-electron chi connectivity index (χ2n) is 10.1. The molecule has 4 aliphatic rings. The van der Waals surface area contributed by atoms with Crippen LogP contribution in [0.3, 0.4) is 0 Å². The largest absolute Gasteiger partial charge is 0.547 e. The third kappa shape index (κ3) is 5.75. The van der Waals surface area contributed by atoms with Gasteiger partial charge in [-0.2, -0.15) is 0 Å². The standard InChI is InChI=1S/C27H28O17/c28-7-16-17(33)19(35)24(44-26-21(37)18(34)20(36)23(43-26)25(38)39)27(42-16)41-15-6-10-12(31)4-9(29)5-14(10)40-22(15)8-1-2-11(30)13(32)3-8/h1-6,16-21,23-24,26-28,30-37H,7H2,(H,38,39)/p-1/t16-,17-,18+,19+,20+,21-,23+,24-,26+,27-/m1/s1. The molecule has 1 aromatic rings. The number of phenolic OH excluding ortho intramolecular Hbond substituents is 3. The van der Waals surface area contributed by atoms with E-state index in [0.717, 1.165) is 24.3 Å². The molecule has 5 rings (SSSR count). The summed E-state index contributed by atoms with van der Waals surface area (Å²) in [5.74, 6) is -4.24. The smallest absolute Gasteiger partial charge is 0.229 e. The Kier molecular flexibility index (Phi) is 8.67. The molecule has 9 N–H and O–H groups in total. The summed E-state index contributed by atoms with van der Waals surface area (Å²) in [6, 6.07) is 6.57. The van der Waals surface area contributed by atoms with Gasteiger partial charge in [-0.1, -0.05) is 0 Å². The van der Waals surface area contributed by atoms with Crippen LogP contribution in [0.15, 0.2) is 45.6 Å². The molecule has 1 aliphatic carbocycles. The molecular formula is C27H27O17-. The maximum atomic E-state index is 12.0. The third-order valence-electron chi connectivity index (χ3n) is 7.20. The molecule has 0 amide bonds. The van der Waals surface area contributed by atoms with Gasteiger partial charge in [-0.25, -0.2) is 0 Å². The second-order valence-corrected chi connectivity index (χ2v) is 10.1. The van der Waals surface area contributed by atoms with Crippen molar-refractivity contribution in [2.75, 3.05) is 6.61 Å². The highest BCUT2D eigenvalue weighted by Gasteiger charge is 2.52. The van der Waals surface area contributed by atoms with Crippen LogP contribution in [0.1, 0.15) is 0 Å². The highest BCUT2D eigenvalue weighted by atomic mass is 16.8. The molecule has 3 aliphatic heterocycles. The van der Waals surface area contributed by atoms with Crippen LogP contribution in [-0.2, 0) is 19.0 Å². The molecule has 0 radical (unpaired) electrons. The minimum Gasteiger partial charge on any atom is -0.547 e. The first-order chi connectivity index (χ1) is 20.8. The normalized spacial score (nSPS) is 32.4. The molecule has 0 saturated carbocycles. The minimum atomic E-state index is -2.18. The van der Waals surface area contributed by atoms with Gasteiger partial charge >= 0.3 is 0 Å². The number of aliphatic hydroxyl groups is 6. The van der Waals surface area contributed by atoms with Crippen LogP contribution < -0.4 is 15.3 Å². The molecule has 3 heterocycles. The molecule has 44 heavy (non-hydrogen) atoms. The first-order valence-electron chi connectivity index (χ1n) is 13.0. The highest BCUT2D eigenvalue weighted by Crippen LogP contribution is 2.43. The van der Waals surface area contributed by atoms with Gasteiger partial charge in [0, 0.05) is 17.7 Å². The van der Waals surface area contributed by atoms with Crippen molar-refractivity contribution in [2.24, 2.45) is 0 Å². The molecule has 238 valence electrons. The van der Waals surface area contributed by atoms with E-state index in [1.807, 2.05) is 0 Å². The van der Waals surface area contributed by atoms with Gasteiger partial charge in [0.15, 0.2) is 40.8 Å². The number of aromatic hydroxyl groups is 3. The number of benzene rings is 2. The molecule has 0 aromatic heterocycles. The van der Waals surface area contributed by atoms with Gasteiger partial charge in [0.05, 0.1) is 18.1 Å². The Morgan fingerprint density at radius 3 is 2.20 bits per heavy atom. The quantitative estimate of drug-likeness (QED) is 0.114. The Labute approximate surface area is 245 Å². The Morgan fingerprint density at radius 1 is 0.818 bits per heavy atom. The number of hydrogen-bond donors (Lipinski definition) is 9. The average molecular weight is 623 g/mol. The summed E-state index contributed by atoms with van der Waals surface area (Å²) in [5, 5.41) is 103.